The van der Waals surface area contributed by atoms with Gasteiger partial charge in [0.05, 0.1) is 16.7 Å². The molecule has 2 N–H and O–H groups in total. The number of nitro benzene ring substituents is 1. The molecule has 128 valence electrons. The van der Waals surface area contributed by atoms with Gasteiger partial charge in [0.15, 0.2) is 0 Å². The molecule has 0 aliphatic heterocycles. The Kier molecular flexibility index (Phi) is 6.04. The lowest BCUT2D eigenvalue weighted by Crippen LogP contribution is -2.32. The van der Waals surface area contributed by atoms with E-state index < -0.39 is 16.7 Å². The molecule has 0 saturated carbocycles. The van der Waals surface area contributed by atoms with Gasteiger partial charge in [-0.2, -0.15) is 5.10 Å². The van der Waals surface area contributed by atoms with Crippen molar-refractivity contribution in [3.8, 4) is 0 Å². The van der Waals surface area contributed by atoms with Crippen LogP contribution in [0.3, 0.4) is 0 Å². The molecular weight excluding hydrogens is 371 g/mol. The summed E-state index contributed by atoms with van der Waals surface area (Å²) in [6.07, 6.45) is 1.07. The van der Waals surface area contributed by atoms with Crippen molar-refractivity contribution in [1.82, 2.24) is 5.43 Å². The second kappa shape index (κ2) is 8.22. The molecule has 0 spiro atoms. The molecule has 8 nitrogen and oxygen atoms in total. The second-order valence-electron chi connectivity index (χ2n) is 4.63. The van der Waals surface area contributed by atoms with Gasteiger partial charge in [0.1, 0.15) is 0 Å². The van der Waals surface area contributed by atoms with E-state index >= 15 is 0 Å². The second-order valence-corrected chi connectivity index (χ2v) is 5.50. The van der Waals surface area contributed by atoms with E-state index in [-0.39, 0.29) is 27.0 Å². The molecule has 2 rings (SSSR count). The molecule has 2 aromatic carbocycles. The highest BCUT2D eigenvalue weighted by Crippen LogP contribution is 2.22. The van der Waals surface area contributed by atoms with E-state index in [4.69, 9.17) is 23.2 Å². The van der Waals surface area contributed by atoms with Crippen molar-refractivity contribution in [2.45, 2.75) is 0 Å². The Bertz CT molecular complexity index is 850. The normalized spacial score (nSPS) is 10.5. The fraction of sp³-hybridized carbons (Fsp3) is 0. The Morgan fingerprint density at radius 1 is 1.08 bits per heavy atom. The standard InChI is InChI=1S/C15H10Cl2N4O4/c16-10-5-11(17)7-12(6-10)19-14(22)15(23)20-18-8-9-3-1-2-4-13(9)21(24)25/h1-8H,(H,19,22)(H,20,23)/b18-8+. The fourth-order valence-corrected chi connectivity index (χ4v) is 2.31. The van der Waals surface area contributed by atoms with Crippen LogP contribution in [0.1, 0.15) is 5.56 Å². The minimum Gasteiger partial charge on any atom is -0.318 e. The number of hydrogen-bond donors (Lipinski definition) is 2. The Morgan fingerprint density at radius 2 is 1.72 bits per heavy atom. The first-order valence-electron chi connectivity index (χ1n) is 6.70. The lowest BCUT2D eigenvalue weighted by atomic mass is 10.2. The lowest BCUT2D eigenvalue weighted by Gasteiger charge is -2.05. The summed E-state index contributed by atoms with van der Waals surface area (Å²) < 4.78 is 0. The smallest absolute Gasteiger partial charge is 0.318 e. The lowest BCUT2D eigenvalue weighted by molar-refractivity contribution is -0.385. The third kappa shape index (κ3) is 5.27. The third-order valence-electron chi connectivity index (χ3n) is 2.83. The summed E-state index contributed by atoms with van der Waals surface area (Å²) in [5.41, 5.74) is 2.21. The summed E-state index contributed by atoms with van der Waals surface area (Å²) in [5, 5.41) is 17.3. The molecule has 0 saturated heterocycles. The van der Waals surface area contributed by atoms with Crippen molar-refractivity contribution in [3.05, 3.63) is 68.2 Å². The number of benzene rings is 2. The zero-order valence-corrected chi connectivity index (χ0v) is 13.9. The maximum atomic E-state index is 11.8. The van der Waals surface area contributed by atoms with Gasteiger partial charge in [0, 0.05) is 21.8 Å². The van der Waals surface area contributed by atoms with E-state index in [0.29, 0.717) is 0 Å². The first-order chi connectivity index (χ1) is 11.9. The zero-order valence-electron chi connectivity index (χ0n) is 12.4. The number of anilines is 1. The van der Waals surface area contributed by atoms with Gasteiger partial charge < -0.3 is 5.32 Å². The van der Waals surface area contributed by atoms with Crippen LogP contribution in [0, 0.1) is 10.1 Å². The molecule has 2 amide bonds. The number of halogens is 2. The van der Waals surface area contributed by atoms with Crippen molar-refractivity contribution >= 4 is 52.6 Å². The SMILES string of the molecule is O=C(N/N=C/c1ccccc1[N+](=O)[O-])C(=O)Nc1cc(Cl)cc(Cl)c1. The summed E-state index contributed by atoms with van der Waals surface area (Å²) in [7, 11) is 0. The van der Waals surface area contributed by atoms with Crippen LogP contribution in [0.5, 0.6) is 0 Å². The van der Waals surface area contributed by atoms with Gasteiger partial charge in [-0.3, -0.25) is 19.7 Å². The van der Waals surface area contributed by atoms with E-state index in [9.17, 15) is 19.7 Å². The number of hydrogen-bond acceptors (Lipinski definition) is 5. The summed E-state index contributed by atoms with van der Waals surface area (Å²) in [4.78, 5) is 33.7. The van der Waals surface area contributed by atoms with Crippen LogP contribution in [-0.2, 0) is 9.59 Å². The molecule has 0 bridgehead atoms. The minimum atomic E-state index is -1.06. The van der Waals surface area contributed by atoms with E-state index in [1.807, 2.05) is 5.43 Å². The van der Waals surface area contributed by atoms with Crippen LogP contribution in [0.2, 0.25) is 10.0 Å². The van der Waals surface area contributed by atoms with Crippen LogP contribution in [0.15, 0.2) is 47.6 Å². The van der Waals surface area contributed by atoms with E-state index in [0.717, 1.165) is 6.21 Å². The zero-order chi connectivity index (χ0) is 18.4. The number of para-hydroxylation sites is 1. The maximum absolute atomic E-state index is 11.8. The molecule has 2 aromatic rings. The van der Waals surface area contributed by atoms with Crippen LogP contribution in [0.4, 0.5) is 11.4 Å². The maximum Gasteiger partial charge on any atom is 0.329 e. The molecule has 10 heteroatoms. The number of hydrazone groups is 1. The molecule has 0 aliphatic carbocycles. The van der Waals surface area contributed by atoms with Crippen LogP contribution >= 0.6 is 23.2 Å². The highest BCUT2D eigenvalue weighted by molar-refractivity contribution is 6.40. The quantitative estimate of drug-likeness (QED) is 0.367. The molecule has 0 heterocycles. The van der Waals surface area contributed by atoms with Gasteiger partial charge in [-0.05, 0) is 24.3 Å². The number of rotatable bonds is 4. The minimum absolute atomic E-state index is 0.176. The Balaban J connectivity index is 2.00. The van der Waals surface area contributed by atoms with Gasteiger partial charge in [-0.15, -0.1) is 0 Å². The third-order valence-corrected chi connectivity index (χ3v) is 3.27. The van der Waals surface area contributed by atoms with E-state index in [1.54, 1.807) is 6.07 Å². The Hall–Kier alpha value is -2.97. The van der Waals surface area contributed by atoms with Crippen LogP contribution < -0.4 is 10.7 Å². The molecule has 0 fully saturated rings. The van der Waals surface area contributed by atoms with Gasteiger partial charge >= 0.3 is 11.8 Å². The molecule has 0 unspecified atom stereocenters. The molecule has 0 radical (unpaired) electrons. The first-order valence-corrected chi connectivity index (χ1v) is 7.46. The van der Waals surface area contributed by atoms with Crippen molar-refractivity contribution < 1.29 is 14.5 Å². The van der Waals surface area contributed by atoms with Gasteiger partial charge in [-0.25, -0.2) is 5.43 Å². The fourth-order valence-electron chi connectivity index (χ4n) is 1.79. The molecule has 0 atom stereocenters. The highest BCUT2D eigenvalue weighted by Gasteiger charge is 2.14. The van der Waals surface area contributed by atoms with Gasteiger partial charge in [-0.1, -0.05) is 35.3 Å². The highest BCUT2D eigenvalue weighted by atomic mass is 35.5. The Labute approximate surface area is 151 Å². The monoisotopic (exact) mass is 380 g/mol. The number of carbonyl (C=O) groups is 2. The van der Waals surface area contributed by atoms with Crippen molar-refractivity contribution in [1.29, 1.82) is 0 Å². The van der Waals surface area contributed by atoms with Gasteiger partial charge in [0.25, 0.3) is 5.69 Å². The molecule has 25 heavy (non-hydrogen) atoms. The molecule has 0 aromatic heterocycles. The first kappa shape index (κ1) is 18.4. The number of amides is 2. The largest absolute Gasteiger partial charge is 0.329 e. The van der Waals surface area contributed by atoms with Gasteiger partial charge in [0.2, 0.25) is 0 Å². The summed E-state index contributed by atoms with van der Waals surface area (Å²) >= 11 is 11.6. The average Bonchev–Trinajstić information content (AvgIpc) is 2.54. The van der Waals surface area contributed by atoms with Crippen LogP contribution in [0.25, 0.3) is 0 Å². The predicted octanol–water partition coefficient (Wildman–Crippen LogP) is 2.99. The number of nitro groups is 1. The predicted molar refractivity (Wildman–Crippen MR) is 93.9 cm³/mol. The Morgan fingerprint density at radius 3 is 2.36 bits per heavy atom. The van der Waals surface area contributed by atoms with Crippen LogP contribution in [-0.4, -0.2) is 23.0 Å². The summed E-state index contributed by atoms with van der Waals surface area (Å²) in [6, 6.07) is 10.1. The average molecular weight is 381 g/mol. The van der Waals surface area contributed by atoms with E-state index in [1.165, 1.54) is 36.4 Å². The summed E-state index contributed by atoms with van der Waals surface area (Å²) in [6.45, 7) is 0. The topological polar surface area (TPSA) is 114 Å². The summed E-state index contributed by atoms with van der Waals surface area (Å²) in [5.74, 6) is -2.07. The molecule has 0 aliphatic rings. The van der Waals surface area contributed by atoms with E-state index in [2.05, 4.69) is 10.4 Å². The number of carbonyl (C=O) groups excluding carboxylic acids is 2. The van der Waals surface area contributed by atoms with Crippen molar-refractivity contribution in [2.75, 3.05) is 5.32 Å². The van der Waals surface area contributed by atoms with Crippen molar-refractivity contribution in [2.24, 2.45) is 5.10 Å². The number of nitrogens with one attached hydrogen (secondary N) is 2. The van der Waals surface area contributed by atoms with Crippen molar-refractivity contribution in [3.63, 3.8) is 0 Å². The number of nitrogens with zero attached hydrogens (tertiary/aromatic N) is 2. The molecular formula is C15H10Cl2N4O4.